The standard InChI is InChI=1S/C10H16N4O2/c1-7-13-9(16-14-7)6-12-10(15)8-3-2-4-11-5-8/h8,11H,2-6H2,1H3,(H,12,15). The first kappa shape index (κ1) is 11.1. The predicted molar refractivity (Wildman–Crippen MR) is 56.5 cm³/mol. The molecule has 0 radical (unpaired) electrons. The van der Waals surface area contributed by atoms with Crippen molar-refractivity contribution in [3.63, 3.8) is 0 Å². The summed E-state index contributed by atoms with van der Waals surface area (Å²) >= 11 is 0. The third kappa shape index (κ3) is 2.79. The minimum absolute atomic E-state index is 0.0584. The Bertz CT molecular complexity index is 357. The minimum Gasteiger partial charge on any atom is -0.347 e. The molecular weight excluding hydrogens is 208 g/mol. The van der Waals surface area contributed by atoms with Crippen LogP contribution in [-0.2, 0) is 11.3 Å². The zero-order chi connectivity index (χ0) is 11.4. The van der Waals surface area contributed by atoms with Gasteiger partial charge in [-0.25, -0.2) is 0 Å². The van der Waals surface area contributed by atoms with E-state index in [1.165, 1.54) is 0 Å². The number of piperidine rings is 1. The molecule has 1 atom stereocenters. The van der Waals surface area contributed by atoms with E-state index in [4.69, 9.17) is 4.52 Å². The summed E-state index contributed by atoms with van der Waals surface area (Å²) in [5.41, 5.74) is 0. The van der Waals surface area contributed by atoms with E-state index in [-0.39, 0.29) is 11.8 Å². The monoisotopic (exact) mass is 224 g/mol. The number of carbonyl (C=O) groups is 1. The lowest BCUT2D eigenvalue weighted by atomic mass is 9.99. The molecule has 1 aromatic rings. The molecule has 0 aromatic carbocycles. The number of hydrogen-bond donors (Lipinski definition) is 2. The highest BCUT2D eigenvalue weighted by Crippen LogP contribution is 2.09. The van der Waals surface area contributed by atoms with Crippen molar-refractivity contribution in [1.82, 2.24) is 20.8 Å². The highest BCUT2D eigenvalue weighted by atomic mass is 16.5. The van der Waals surface area contributed by atoms with Crippen molar-refractivity contribution in [2.24, 2.45) is 5.92 Å². The maximum absolute atomic E-state index is 11.7. The van der Waals surface area contributed by atoms with Crippen molar-refractivity contribution in [3.8, 4) is 0 Å². The zero-order valence-corrected chi connectivity index (χ0v) is 9.32. The van der Waals surface area contributed by atoms with Crippen molar-refractivity contribution < 1.29 is 9.32 Å². The van der Waals surface area contributed by atoms with E-state index in [0.717, 1.165) is 25.9 Å². The maximum Gasteiger partial charge on any atom is 0.246 e. The highest BCUT2D eigenvalue weighted by molar-refractivity contribution is 5.78. The van der Waals surface area contributed by atoms with Crippen LogP contribution in [0.3, 0.4) is 0 Å². The van der Waals surface area contributed by atoms with Gasteiger partial charge in [-0.3, -0.25) is 4.79 Å². The van der Waals surface area contributed by atoms with E-state index < -0.39 is 0 Å². The Hall–Kier alpha value is -1.43. The Labute approximate surface area is 93.8 Å². The van der Waals surface area contributed by atoms with Crippen LogP contribution in [0.15, 0.2) is 4.52 Å². The number of aryl methyl sites for hydroxylation is 1. The molecule has 2 rings (SSSR count). The third-order valence-electron chi connectivity index (χ3n) is 2.65. The van der Waals surface area contributed by atoms with Crippen molar-refractivity contribution in [1.29, 1.82) is 0 Å². The lowest BCUT2D eigenvalue weighted by Crippen LogP contribution is -2.40. The van der Waals surface area contributed by atoms with Gasteiger partial charge in [0.15, 0.2) is 5.82 Å². The molecule has 0 saturated carbocycles. The zero-order valence-electron chi connectivity index (χ0n) is 9.32. The number of aromatic nitrogens is 2. The van der Waals surface area contributed by atoms with Crippen LogP contribution in [0.5, 0.6) is 0 Å². The molecule has 1 unspecified atom stereocenters. The second-order valence-electron chi connectivity index (χ2n) is 4.00. The van der Waals surface area contributed by atoms with Gasteiger partial charge in [-0.05, 0) is 26.3 Å². The molecule has 16 heavy (non-hydrogen) atoms. The van der Waals surface area contributed by atoms with Gasteiger partial charge >= 0.3 is 0 Å². The Morgan fingerprint density at radius 2 is 2.56 bits per heavy atom. The summed E-state index contributed by atoms with van der Waals surface area (Å²) in [5.74, 6) is 1.17. The van der Waals surface area contributed by atoms with E-state index >= 15 is 0 Å². The number of hydrogen-bond acceptors (Lipinski definition) is 5. The quantitative estimate of drug-likeness (QED) is 0.755. The Morgan fingerprint density at radius 1 is 1.69 bits per heavy atom. The molecule has 1 saturated heterocycles. The van der Waals surface area contributed by atoms with Crippen LogP contribution in [0.1, 0.15) is 24.6 Å². The summed E-state index contributed by atoms with van der Waals surface area (Å²) in [4.78, 5) is 15.8. The fraction of sp³-hybridized carbons (Fsp3) is 0.700. The molecule has 6 nitrogen and oxygen atoms in total. The van der Waals surface area contributed by atoms with E-state index in [0.29, 0.717) is 18.3 Å². The smallest absolute Gasteiger partial charge is 0.246 e. The molecule has 0 spiro atoms. The van der Waals surface area contributed by atoms with E-state index in [1.54, 1.807) is 6.92 Å². The lowest BCUT2D eigenvalue weighted by Gasteiger charge is -2.21. The van der Waals surface area contributed by atoms with Crippen LogP contribution in [0, 0.1) is 12.8 Å². The number of nitrogens with one attached hydrogen (secondary N) is 2. The minimum atomic E-state index is 0.0584. The summed E-state index contributed by atoms with van der Waals surface area (Å²) in [6, 6.07) is 0. The van der Waals surface area contributed by atoms with Crippen LogP contribution >= 0.6 is 0 Å². The van der Waals surface area contributed by atoms with Crippen LogP contribution in [0.4, 0.5) is 0 Å². The van der Waals surface area contributed by atoms with Gasteiger partial charge in [-0.15, -0.1) is 0 Å². The fourth-order valence-corrected chi connectivity index (χ4v) is 1.79. The molecule has 0 aliphatic carbocycles. The van der Waals surface area contributed by atoms with Gasteiger partial charge in [0.2, 0.25) is 11.8 Å². The van der Waals surface area contributed by atoms with Crippen LogP contribution in [0.25, 0.3) is 0 Å². The number of nitrogens with zero attached hydrogens (tertiary/aromatic N) is 2. The van der Waals surface area contributed by atoms with Gasteiger partial charge < -0.3 is 15.2 Å². The summed E-state index contributed by atoms with van der Waals surface area (Å²) < 4.78 is 4.91. The normalized spacial score (nSPS) is 20.7. The maximum atomic E-state index is 11.7. The largest absolute Gasteiger partial charge is 0.347 e. The summed E-state index contributed by atoms with van der Waals surface area (Å²) in [6.45, 7) is 3.83. The average Bonchev–Trinajstić information content (AvgIpc) is 2.73. The Kier molecular flexibility index (Phi) is 3.51. The van der Waals surface area contributed by atoms with E-state index in [9.17, 15) is 4.79 Å². The van der Waals surface area contributed by atoms with Crippen molar-refractivity contribution in [3.05, 3.63) is 11.7 Å². The first-order valence-corrected chi connectivity index (χ1v) is 5.53. The number of carbonyl (C=O) groups excluding carboxylic acids is 1. The number of amides is 1. The highest BCUT2D eigenvalue weighted by Gasteiger charge is 2.20. The van der Waals surface area contributed by atoms with Crippen LogP contribution in [-0.4, -0.2) is 29.1 Å². The van der Waals surface area contributed by atoms with Crippen LogP contribution < -0.4 is 10.6 Å². The van der Waals surface area contributed by atoms with E-state index in [1.807, 2.05) is 0 Å². The van der Waals surface area contributed by atoms with Crippen molar-refractivity contribution in [2.75, 3.05) is 13.1 Å². The summed E-state index contributed by atoms with van der Waals surface area (Å²) in [6.07, 6.45) is 2.00. The van der Waals surface area contributed by atoms with E-state index in [2.05, 4.69) is 20.8 Å². The molecular formula is C10H16N4O2. The van der Waals surface area contributed by atoms with Gasteiger partial charge in [0.25, 0.3) is 0 Å². The molecule has 6 heteroatoms. The second kappa shape index (κ2) is 5.07. The Balaban J connectivity index is 1.78. The van der Waals surface area contributed by atoms with Gasteiger partial charge in [-0.2, -0.15) is 4.98 Å². The second-order valence-corrected chi connectivity index (χ2v) is 4.00. The molecule has 0 bridgehead atoms. The van der Waals surface area contributed by atoms with Gasteiger partial charge in [-0.1, -0.05) is 5.16 Å². The summed E-state index contributed by atoms with van der Waals surface area (Å²) in [7, 11) is 0. The predicted octanol–water partition coefficient (Wildman–Crippen LogP) is -0.00618. The topological polar surface area (TPSA) is 80.0 Å². The van der Waals surface area contributed by atoms with Gasteiger partial charge in [0.05, 0.1) is 12.5 Å². The molecule has 88 valence electrons. The first-order valence-electron chi connectivity index (χ1n) is 5.53. The molecule has 1 aromatic heterocycles. The summed E-state index contributed by atoms with van der Waals surface area (Å²) in [5, 5.41) is 9.67. The molecule has 1 fully saturated rings. The van der Waals surface area contributed by atoms with Gasteiger partial charge in [0.1, 0.15) is 0 Å². The average molecular weight is 224 g/mol. The lowest BCUT2D eigenvalue weighted by molar-refractivity contribution is -0.125. The fourth-order valence-electron chi connectivity index (χ4n) is 1.79. The first-order chi connectivity index (χ1) is 7.75. The molecule has 1 aliphatic rings. The van der Waals surface area contributed by atoms with Gasteiger partial charge in [0, 0.05) is 6.54 Å². The Morgan fingerprint density at radius 3 is 3.19 bits per heavy atom. The molecule has 1 aliphatic heterocycles. The SMILES string of the molecule is Cc1noc(CNC(=O)C2CCCNC2)n1. The van der Waals surface area contributed by atoms with Crippen molar-refractivity contribution >= 4 is 5.91 Å². The molecule has 2 N–H and O–H groups in total. The van der Waals surface area contributed by atoms with Crippen LogP contribution in [0.2, 0.25) is 0 Å². The molecule has 2 heterocycles. The third-order valence-corrected chi connectivity index (χ3v) is 2.65. The van der Waals surface area contributed by atoms with Crippen molar-refractivity contribution in [2.45, 2.75) is 26.3 Å². The number of rotatable bonds is 3. The molecule has 1 amide bonds.